The lowest BCUT2D eigenvalue weighted by atomic mass is 10.1. The minimum atomic E-state index is -4.78. The third kappa shape index (κ3) is 6.50. The molecule has 0 radical (unpaired) electrons. The van der Waals surface area contributed by atoms with Gasteiger partial charge in [0.05, 0.1) is 11.3 Å². The molecule has 9 heteroatoms. The van der Waals surface area contributed by atoms with Gasteiger partial charge in [-0.3, -0.25) is 0 Å². The highest BCUT2D eigenvalue weighted by Gasteiger charge is 2.35. The fraction of sp³-hybridized carbons (Fsp3) is 0.562. The molecule has 1 rings (SSSR count). The fourth-order valence-electron chi connectivity index (χ4n) is 2.24. The molecule has 1 aromatic carbocycles. The topological polar surface area (TPSA) is 59.6 Å². The maximum atomic E-state index is 13.7. The predicted octanol–water partition coefficient (Wildman–Crippen LogP) is 4.15. The molecule has 2 N–H and O–H groups in total. The van der Waals surface area contributed by atoms with Crippen LogP contribution in [-0.4, -0.2) is 31.6 Å². The van der Waals surface area contributed by atoms with E-state index in [0.717, 1.165) is 12.1 Å². The number of amides is 2. The van der Waals surface area contributed by atoms with Crippen molar-refractivity contribution >= 4 is 11.7 Å². The van der Waals surface area contributed by atoms with Crippen molar-refractivity contribution in [2.75, 3.05) is 25.1 Å². The van der Waals surface area contributed by atoms with Crippen molar-refractivity contribution in [1.29, 1.82) is 0 Å². The van der Waals surface area contributed by atoms with Crippen LogP contribution in [0, 0.1) is 5.82 Å². The van der Waals surface area contributed by atoms with E-state index in [9.17, 15) is 22.4 Å². The molecule has 0 spiro atoms. The van der Waals surface area contributed by atoms with Gasteiger partial charge >= 0.3 is 12.2 Å². The minimum absolute atomic E-state index is 0.0676. The van der Waals surface area contributed by atoms with Gasteiger partial charge in [-0.05, 0) is 32.9 Å². The summed E-state index contributed by atoms with van der Waals surface area (Å²) < 4.78 is 63.2. The van der Waals surface area contributed by atoms with Crippen LogP contribution in [0.15, 0.2) is 18.2 Å². The summed E-state index contributed by atoms with van der Waals surface area (Å²) in [6, 6.07) is 1.51. The summed E-state index contributed by atoms with van der Waals surface area (Å²) in [6.45, 7) is 6.12. The molecule has 0 aliphatic carbocycles. The lowest BCUT2D eigenvalue weighted by Crippen LogP contribution is -2.39. The van der Waals surface area contributed by atoms with Crippen LogP contribution in [0.1, 0.15) is 32.8 Å². The maximum absolute atomic E-state index is 13.7. The second-order valence-corrected chi connectivity index (χ2v) is 5.29. The van der Waals surface area contributed by atoms with E-state index < -0.39 is 35.1 Å². The number of carbonyl (C=O) groups is 1. The van der Waals surface area contributed by atoms with Crippen LogP contribution in [0.25, 0.3) is 0 Å². The highest BCUT2D eigenvalue weighted by molar-refractivity contribution is 5.90. The van der Waals surface area contributed by atoms with Crippen molar-refractivity contribution < 1.29 is 31.8 Å². The molecule has 0 unspecified atom stereocenters. The van der Waals surface area contributed by atoms with Crippen LogP contribution in [0.2, 0.25) is 0 Å². The Morgan fingerprint density at radius 2 is 1.76 bits per heavy atom. The average molecular weight is 366 g/mol. The van der Waals surface area contributed by atoms with Crippen LogP contribution in [-0.2, 0) is 15.7 Å². The number of halogens is 4. The number of hydrogen-bond donors (Lipinski definition) is 2. The molecule has 2 amide bonds. The van der Waals surface area contributed by atoms with Gasteiger partial charge in [-0.25, -0.2) is 9.18 Å². The summed E-state index contributed by atoms with van der Waals surface area (Å²) in [5, 5.41) is 4.27. The largest absolute Gasteiger partial charge is 0.418 e. The minimum Gasteiger partial charge on any atom is -0.350 e. The number of ether oxygens (including phenoxy) is 2. The van der Waals surface area contributed by atoms with Crippen molar-refractivity contribution in [2.24, 2.45) is 0 Å². The summed E-state index contributed by atoms with van der Waals surface area (Å²) in [7, 11) is 0. The first kappa shape index (κ1) is 21.2. The first-order valence-corrected chi connectivity index (χ1v) is 7.81. The zero-order valence-electron chi connectivity index (χ0n) is 14.3. The van der Waals surface area contributed by atoms with Crippen LogP contribution >= 0.6 is 0 Å². The Morgan fingerprint density at radius 1 is 1.16 bits per heavy atom. The third-order valence-electron chi connectivity index (χ3n) is 3.32. The maximum Gasteiger partial charge on any atom is 0.418 e. The van der Waals surface area contributed by atoms with Gasteiger partial charge in [0.25, 0.3) is 0 Å². The van der Waals surface area contributed by atoms with E-state index in [-0.39, 0.29) is 13.0 Å². The number of nitrogens with one attached hydrogen (secondary N) is 2. The molecule has 0 aliphatic rings. The molecule has 5 nitrogen and oxygen atoms in total. The molecule has 0 aromatic heterocycles. The van der Waals surface area contributed by atoms with E-state index in [1.807, 2.05) is 5.32 Å². The molecule has 0 bridgehead atoms. The second kappa shape index (κ2) is 9.00. The van der Waals surface area contributed by atoms with E-state index >= 15 is 0 Å². The third-order valence-corrected chi connectivity index (χ3v) is 3.32. The number of anilines is 1. The summed E-state index contributed by atoms with van der Waals surface area (Å²) in [4.78, 5) is 11.8. The van der Waals surface area contributed by atoms with E-state index in [2.05, 4.69) is 5.32 Å². The van der Waals surface area contributed by atoms with E-state index in [0.29, 0.717) is 19.3 Å². The van der Waals surface area contributed by atoms with Gasteiger partial charge in [0.1, 0.15) is 5.82 Å². The summed E-state index contributed by atoms with van der Waals surface area (Å²) in [6.07, 6.45) is -4.52. The summed E-state index contributed by atoms with van der Waals surface area (Å²) in [5.41, 5.74) is -2.17. The van der Waals surface area contributed by atoms with E-state index in [1.165, 1.54) is 0 Å². The van der Waals surface area contributed by atoms with Gasteiger partial charge in [-0.1, -0.05) is 6.07 Å². The zero-order valence-corrected chi connectivity index (χ0v) is 14.3. The Kier molecular flexibility index (Phi) is 7.62. The molecular formula is C16H22F4N2O3. The van der Waals surface area contributed by atoms with Crippen molar-refractivity contribution in [2.45, 2.75) is 39.2 Å². The number of urea groups is 1. The average Bonchev–Trinajstić information content (AvgIpc) is 2.48. The second-order valence-electron chi connectivity index (χ2n) is 5.29. The van der Waals surface area contributed by atoms with Crippen molar-refractivity contribution in [3.05, 3.63) is 29.6 Å². The number of benzene rings is 1. The van der Waals surface area contributed by atoms with Gasteiger partial charge in [-0.15, -0.1) is 0 Å². The van der Waals surface area contributed by atoms with Crippen molar-refractivity contribution in [1.82, 2.24) is 5.32 Å². The first-order chi connectivity index (χ1) is 11.6. The highest BCUT2D eigenvalue weighted by atomic mass is 19.4. The van der Waals surface area contributed by atoms with Crippen molar-refractivity contribution in [3.8, 4) is 0 Å². The lowest BCUT2D eigenvalue weighted by molar-refractivity contribution is -0.223. The molecule has 25 heavy (non-hydrogen) atoms. The Balaban J connectivity index is 2.69. The van der Waals surface area contributed by atoms with Gasteiger partial charge in [0.15, 0.2) is 5.79 Å². The van der Waals surface area contributed by atoms with E-state index in [4.69, 9.17) is 9.47 Å². The Labute approximate surface area is 143 Å². The van der Waals surface area contributed by atoms with Crippen LogP contribution < -0.4 is 10.6 Å². The Morgan fingerprint density at radius 3 is 2.28 bits per heavy atom. The normalized spacial score (nSPS) is 12.1. The van der Waals surface area contributed by atoms with Gasteiger partial charge < -0.3 is 20.1 Å². The molecule has 0 heterocycles. The molecule has 0 atom stereocenters. The number of carbonyl (C=O) groups excluding carboxylic acids is 1. The number of alkyl halides is 3. The molecule has 142 valence electrons. The van der Waals surface area contributed by atoms with Crippen LogP contribution in [0.5, 0.6) is 0 Å². The predicted molar refractivity (Wildman–Crippen MR) is 84.7 cm³/mol. The zero-order chi connectivity index (χ0) is 19.1. The standard InChI is InChI=1S/C16H22F4N2O3/c1-4-24-15(3,25-5-2)9-10-21-14(23)22-13-11(16(18,19)20)7-6-8-12(13)17/h6-8H,4-5,9-10H2,1-3H3,(H2,21,22,23). The van der Waals surface area contributed by atoms with Crippen molar-refractivity contribution in [3.63, 3.8) is 0 Å². The highest BCUT2D eigenvalue weighted by Crippen LogP contribution is 2.36. The molecule has 0 fully saturated rings. The smallest absolute Gasteiger partial charge is 0.350 e. The summed E-state index contributed by atoms with van der Waals surface area (Å²) in [5.74, 6) is -2.09. The Hall–Kier alpha value is -1.87. The van der Waals surface area contributed by atoms with Gasteiger partial charge in [-0.2, -0.15) is 13.2 Å². The fourth-order valence-corrected chi connectivity index (χ4v) is 2.24. The van der Waals surface area contributed by atoms with Crippen LogP contribution in [0.3, 0.4) is 0 Å². The molecular weight excluding hydrogens is 344 g/mol. The van der Waals surface area contributed by atoms with Gasteiger partial charge in [0.2, 0.25) is 0 Å². The summed E-state index contributed by atoms with van der Waals surface area (Å²) >= 11 is 0. The number of rotatable bonds is 8. The molecule has 1 aromatic rings. The number of para-hydroxylation sites is 1. The Bertz CT molecular complexity index is 573. The van der Waals surface area contributed by atoms with E-state index in [1.54, 1.807) is 20.8 Å². The monoisotopic (exact) mass is 366 g/mol. The molecule has 0 saturated carbocycles. The van der Waals surface area contributed by atoms with Gasteiger partial charge in [0, 0.05) is 26.2 Å². The van der Waals surface area contributed by atoms with Crippen LogP contribution in [0.4, 0.5) is 28.0 Å². The number of hydrogen-bond acceptors (Lipinski definition) is 3. The lowest BCUT2D eigenvalue weighted by Gasteiger charge is -2.29. The SMILES string of the molecule is CCOC(C)(CCNC(=O)Nc1c(F)cccc1C(F)(F)F)OCC. The molecule has 0 aliphatic heterocycles. The quantitative estimate of drug-likeness (QED) is 0.537. The molecule has 0 saturated heterocycles. The first-order valence-electron chi connectivity index (χ1n) is 7.81.